The van der Waals surface area contributed by atoms with E-state index in [2.05, 4.69) is 54.0 Å². The number of aryl methyl sites for hydroxylation is 2. The van der Waals surface area contributed by atoms with Crippen molar-refractivity contribution in [1.82, 2.24) is 0 Å². The van der Waals surface area contributed by atoms with Gasteiger partial charge in [-0.25, -0.2) is 0 Å². The maximum Gasteiger partial charge on any atom is 0.0406 e. The van der Waals surface area contributed by atoms with E-state index in [0.29, 0.717) is 0 Å². The number of hydrogen-bond acceptors (Lipinski definition) is 0. The van der Waals surface area contributed by atoms with E-state index in [1.165, 1.54) is 22.3 Å². The highest BCUT2D eigenvalue weighted by molar-refractivity contribution is 9.10. The molecule has 0 nitrogen and oxygen atoms in total. The van der Waals surface area contributed by atoms with Crippen LogP contribution in [0.3, 0.4) is 0 Å². The minimum atomic E-state index is 0.773. The Labute approximate surface area is 109 Å². The van der Waals surface area contributed by atoms with Crippen LogP contribution in [0.4, 0.5) is 0 Å². The van der Waals surface area contributed by atoms with Crippen LogP contribution in [0.15, 0.2) is 40.9 Å². The van der Waals surface area contributed by atoms with Crippen LogP contribution >= 0.6 is 27.5 Å². The van der Waals surface area contributed by atoms with Crippen molar-refractivity contribution in [1.29, 1.82) is 0 Å². The van der Waals surface area contributed by atoms with Gasteiger partial charge in [0.05, 0.1) is 0 Å². The molecule has 0 atom stereocenters. The predicted octanol–water partition coefficient (Wildman–Crippen LogP) is 5.39. The molecule has 0 unspecified atom stereocenters. The molecule has 0 saturated heterocycles. The average Bonchev–Trinajstić information content (AvgIpc) is 2.25. The molecule has 2 rings (SSSR count). The lowest BCUT2D eigenvalue weighted by molar-refractivity contribution is 1.36. The van der Waals surface area contributed by atoms with Crippen molar-refractivity contribution in [2.75, 3.05) is 0 Å². The van der Waals surface area contributed by atoms with E-state index in [1.807, 2.05) is 12.1 Å². The fourth-order valence-corrected chi connectivity index (χ4v) is 2.31. The van der Waals surface area contributed by atoms with Gasteiger partial charge in [0.15, 0.2) is 0 Å². The molecule has 2 aromatic carbocycles. The van der Waals surface area contributed by atoms with Crippen LogP contribution in [0, 0.1) is 13.8 Å². The van der Waals surface area contributed by atoms with Crippen LogP contribution in [0.1, 0.15) is 11.1 Å². The summed E-state index contributed by atoms with van der Waals surface area (Å²) in [7, 11) is 0. The van der Waals surface area contributed by atoms with Gasteiger partial charge in [0.2, 0.25) is 0 Å². The average molecular weight is 296 g/mol. The van der Waals surface area contributed by atoms with E-state index in [4.69, 9.17) is 11.6 Å². The molecule has 0 N–H and O–H groups in total. The molecule has 0 aliphatic heterocycles. The summed E-state index contributed by atoms with van der Waals surface area (Å²) in [4.78, 5) is 0. The van der Waals surface area contributed by atoms with Crippen molar-refractivity contribution in [2.45, 2.75) is 13.8 Å². The first-order valence-corrected chi connectivity index (χ1v) is 6.27. The minimum Gasteiger partial charge on any atom is -0.0843 e. The quantitative estimate of drug-likeness (QED) is 0.662. The second-order valence-electron chi connectivity index (χ2n) is 3.92. The van der Waals surface area contributed by atoms with Crippen molar-refractivity contribution >= 4 is 27.5 Å². The third kappa shape index (κ3) is 2.31. The summed E-state index contributed by atoms with van der Waals surface area (Å²) in [6.45, 7) is 4.22. The lowest BCUT2D eigenvalue weighted by atomic mass is 9.99. The first-order chi connectivity index (χ1) is 7.58. The number of rotatable bonds is 1. The third-order valence-corrected chi connectivity index (χ3v) is 3.77. The molecular formula is C14H12BrCl. The Morgan fingerprint density at radius 2 is 1.56 bits per heavy atom. The van der Waals surface area contributed by atoms with Gasteiger partial charge in [0.25, 0.3) is 0 Å². The van der Waals surface area contributed by atoms with Gasteiger partial charge >= 0.3 is 0 Å². The molecule has 0 aromatic heterocycles. The van der Waals surface area contributed by atoms with E-state index in [9.17, 15) is 0 Å². The van der Waals surface area contributed by atoms with Gasteiger partial charge in [0.1, 0.15) is 0 Å². The van der Waals surface area contributed by atoms with E-state index >= 15 is 0 Å². The molecule has 2 aromatic rings. The maximum absolute atomic E-state index is 5.89. The van der Waals surface area contributed by atoms with Crippen molar-refractivity contribution in [3.63, 3.8) is 0 Å². The fourth-order valence-electron chi connectivity index (χ4n) is 1.72. The second kappa shape index (κ2) is 4.60. The lowest BCUT2D eigenvalue weighted by Gasteiger charge is -2.09. The highest BCUT2D eigenvalue weighted by Gasteiger charge is 2.04. The lowest BCUT2D eigenvalue weighted by Crippen LogP contribution is -1.86. The molecular weight excluding hydrogens is 284 g/mol. The Morgan fingerprint density at radius 1 is 0.938 bits per heavy atom. The Kier molecular flexibility index (Phi) is 3.36. The predicted molar refractivity (Wildman–Crippen MR) is 74.1 cm³/mol. The van der Waals surface area contributed by atoms with E-state index in [-0.39, 0.29) is 0 Å². The molecule has 16 heavy (non-hydrogen) atoms. The van der Waals surface area contributed by atoms with Gasteiger partial charge in [-0.15, -0.1) is 0 Å². The van der Waals surface area contributed by atoms with Crippen LogP contribution < -0.4 is 0 Å². The van der Waals surface area contributed by atoms with Crippen molar-refractivity contribution < 1.29 is 0 Å². The van der Waals surface area contributed by atoms with Gasteiger partial charge < -0.3 is 0 Å². The monoisotopic (exact) mass is 294 g/mol. The minimum absolute atomic E-state index is 0.773. The molecule has 0 bridgehead atoms. The topological polar surface area (TPSA) is 0 Å². The molecule has 0 spiro atoms. The second-order valence-corrected chi connectivity index (χ2v) is 5.21. The summed E-state index contributed by atoms with van der Waals surface area (Å²) >= 11 is 9.43. The van der Waals surface area contributed by atoms with Crippen LogP contribution in [0.25, 0.3) is 11.1 Å². The van der Waals surface area contributed by atoms with Crippen molar-refractivity contribution in [2.24, 2.45) is 0 Å². The van der Waals surface area contributed by atoms with Gasteiger partial charge in [-0.05, 0) is 54.3 Å². The summed E-state index contributed by atoms with van der Waals surface area (Å²) in [6, 6.07) is 12.3. The van der Waals surface area contributed by atoms with Gasteiger partial charge in [-0.2, -0.15) is 0 Å². The van der Waals surface area contributed by atoms with Crippen LogP contribution in [-0.4, -0.2) is 0 Å². The molecule has 82 valence electrons. The molecule has 0 heterocycles. The van der Waals surface area contributed by atoms with Crippen LogP contribution in [0.5, 0.6) is 0 Å². The smallest absolute Gasteiger partial charge is 0.0406 e. The Bertz CT molecular complexity index is 515. The summed E-state index contributed by atoms with van der Waals surface area (Å²) in [5, 5.41) is 0.773. The Morgan fingerprint density at radius 3 is 2.19 bits per heavy atom. The molecule has 0 amide bonds. The van der Waals surface area contributed by atoms with Gasteiger partial charge in [-0.1, -0.05) is 45.7 Å². The zero-order chi connectivity index (χ0) is 11.7. The molecule has 0 aliphatic rings. The molecule has 0 saturated carbocycles. The number of benzene rings is 2. The van der Waals surface area contributed by atoms with Crippen LogP contribution in [-0.2, 0) is 0 Å². The fraction of sp³-hybridized carbons (Fsp3) is 0.143. The Hall–Kier alpha value is -0.790. The zero-order valence-corrected chi connectivity index (χ0v) is 11.6. The summed E-state index contributed by atoms with van der Waals surface area (Å²) in [6.07, 6.45) is 0. The Balaban J connectivity index is 2.56. The normalized spacial score (nSPS) is 10.5. The molecule has 0 fully saturated rings. The summed E-state index contributed by atoms with van der Waals surface area (Å²) in [5.41, 5.74) is 4.98. The molecule has 0 aliphatic carbocycles. The highest BCUT2D eigenvalue weighted by Crippen LogP contribution is 2.29. The highest BCUT2D eigenvalue weighted by atomic mass is 79.9. The third-order valence-electron chi connectivity index (χ3n) is 2.66. The SMILES string of the molecule is Cc1cc(-c2ccc(Cl)cc2)c(C)cc1Br. The summed E-state index contributed by atoms with van der Waals surface area (Å²) in [5.74, 6) is 0. The first kappa shape index (κ1) is 11.7. The maximum atomic E-state index is 5.89. The first-order valence-electron chi connectivity index (χ1n) is 5.10. The van der Waals surface area contributed by atoms with Crippen molar-refractivity contribution in [3.05, 3.63) is 57.0 Å². The zero-order valence-electron chi connectivity index (χ0n) is 9.22. The number of hydrogen-bond donors (Lipinski definition) is 0. The van der Waals surface area contributed by atoms with Crippen LogP contribution in [0.2, 0.25) is 5.02 Å². The van der Waals surface area contributed by atoms with Gasteiger partial charge in [-0.3, -0.25) is 0 Å². The van der Waals surface area contributed by atoms with E-state index in [0.717, 1.165) is 9.50 Å². The largest absolute Gasteiger partial charge is 0.0843 e. The summed E-state index contributed by atoms with van der Waals surface area (Å²) < 4.78 is 1.16. The van der Waals surface area contributed by atoms with E-state index < -0.39 is 0 Å². The van der Waals surface area contributed by atoms with E-state index in [1.54, 1.807) is 0 Å². The van der Waals surface area contributed by atoms with Gasteiger partial charge in [0, 0.05) is 9.50 Å². The number of halogens is 2. The standard InChI is InChI=1S/C14H12BrCl/c1-9-8-14(15)10(2)7-13(9)11-3-5-12(16)6-4-11/h3-8H,1-2H3. The van der Waals surface area contributed by atoms with Crippen molar-refractivity contribution in [3.8, 4) is 11.1 Å². The molecule has 0 radical (unpaired) electrons. The molecule has 2 heteroatoms.